The van der Waals surface area contributed by atoms with E-state index >= 15 is 0 Å². The van der Waals surface area contributed by atoms with Gasteiger partial charge in [0.1, 0.15) is 0 Å². The molecule has 0 atom stereocenters. The number of Topliss-reactive ketones (excluding diaryl/α,β-unsaturated/α-hetero) is 1. The van der Waals surface area contributed by atoms with Crippen LogP contribution >= 0.6 is 0 Å². The fourth-order valence-corrected chi connectivity index (χ4v) is 2.00. The van der Waals surface area contributed by atoms with Crippen LogP contribution in [-0.2, 0) is 14.3 Å². The van der Waals surface area contributed by atoms with Crippen molar-refractivity contribution in [2.75, 3.05) is 13.2 Å². The van der Waals surface area contributed by atoms with E-state index in [4.69, 9.17) is 4.74 Å². The number of amides is 3. The van der Waals surface area contributed by atoms with Gasteiger partial charge in [-0.15, -0.1) is 0 Å². The first kappa shape index (κ1) is 21.3. The average molecular weight is 362 g/mol. The highest BCUT2D eigenvalue weighted by Crippen LogP contribution is 2.12. The number of carbonyl (C=O) groups is 4. The lowest BCUT2D eigenvalue weighted by molar-refractivity contribution is -0.148. The summed E-state index contributed by atoms with van der Waals surface area (Å²) in [6, 6.07) is 4.73. The number of urea groups is 1. The molecule has 0 heterocycles. The van der Waals surface area contributed by atoms with Crippen LogP contribution in [0.2, 0.25) is 0 Å². The number of rotatable bonds is 8. The van der Waals surface area contributed by atoms with E-state index in [1.807, 2.05) is 33.8 Å². The first-order chi connectivity index (χ1) is 12.2. The van der Waals surface area contributed by atoms with E-state index < -0.39 is 24.5 Å². The predicted octanol–water partition coefficient (Wildman–Crippen LogP) is 2.29. The molecule has 26 heavy (non-hydrogen) atoms. The third-order valence-corrected chi connectivity index (χ3v) is 3.67. The Morgan fingerprint density at radius 2 is 1.73 bits per heavy atom. The topological polar surface area (TPSA) is 102 Å². The first-order valence-corrected chi connectivity index (χ1v) is 8.52. The number of hydrogen-bond donors (Lipinski definition) is 2. The average Bonchev–Trinajstić information content (AvgIpc) is 2.58. The molecule has 0 radical (unpaired) electrons. The van der Waals surface area contributed by atoms with Crippen LogP contribution in [0, 0.1) is 19.8 Å². The normalized spacial score (nSPS) is 10.3. The number of aryl methyl sites for hydroxylation is 2. The maximum Gasteiger partial charge on any atom is 0.321 e. The van der Waals surface area contributed by atoms with Crippen LogP contribution in [0.25, 0.3) is 0 Å². The van der Waals surface area contributed by atoms with Crippen molar-refractivity contribution in [3.05, 3.63) is 34.9 Å². The molecule has 3 amide bonds. The highest BCUT2D eigenvalue weighted by atomic mass is 16.5. The second kappa shape index (κ2) is 10.3. The van der Waals surface area contributed by atoms with E-state index in [-0.39, 0.29) is 24.5 Å². The molecule has 0 saturated heterocycles. The van der Waals surface area contributed by atoms with Crippen LogP contribution in [0.5, 0.6) is 0 Å². The van der Waals surface area contributed by atoms with E-state index in [1.54, 1.807) is 12.1 Å². The minimum absolute atomic E-state index is 0.00215. The smallest absolute Gasteiger partial charge is 0.321 e. The molecule has 2 N–H and O–H groups in total. The largest absolute Gasteiger partial charge is 0.456 e. The monoisotopic (exact) mass is 362 g/mol. The molecule has 7 nitrogen and oxygen atoms in total. The summed E-state index contributed by atoms with van der Waals surface area (Å²) < 4.78 is 4.78. The Kier molecular flexibility index (Phi) is 8.48. The van der Waals surface area contributed by atoms with Gasteiger partial charge in [0.05, 0.1) is 6.42 Å². The summed E-state index contributed by atoms with van der Waals surface area (Å²) in [5.74, 6) is -1.30. The molecule has 0 aliphatic heterocycles. The molecule has 0 aliphatic carbocycles. The van der Waals surface area contributed by atoms with Gasteiger partial charge < -0.3 is 10.1 Å². The van der Waals surface area contributed by atoms with Gasteiger partial charge in [0.2, 0.25) is 0 Å². The molecule has 0 saturated carbocycles. The minimum atomic E-state index is -0.722. The van der Waals surface area contributed by atoms with E-state index in [0.717, 1.165) is 11.1 Å². The van der Waals surface area contributed by atoms with Crippen molar-refractivity contribution in [3.63, 3.8) is 0 Å². The fraction of sp³-hybridized carbons (Fsp3) is 0.474. The highest BCUT2D eigenvalue weighted by Gasteiger charge is 2.14. The standard InChI is InChI=1S/C19H26N2O5/c1-12(2)10-20-19(25)21-17(23)11-26-18(24)8-7-16(22)15-6-5-13(3)14(4)9-15/h5-6,9,12H,7-8,10-11H2,1-4H3,(H2,20,21,23,25). The van der Waals surface area contributed by atoms with Gasteiger partial charge in [0.25, 0.3) is 5.91 Å². The highest BCUT2D eigenvalue weighted by molar-refractivity contribution is 5.98. The minimum Gasteiger partial charge on any atom is -0.456 e. The molecular weight excluding hydrogens is 336 g/mol. The van der Waals surface area contributed by atoms with E-state index in [1.165, 1.54) is 0 Å². The number of esters is 1. The maximum absolute atomic E-state index is 12.1. The molecule has 1 aromatic carbocycles. The predicted molar refractivity (Wildman–Crippen MR) is 96.8 cm³/mol. The van der Waals surface area contributed by atoms with E-state index in [0.29, 0.717) is 12.1 Å². The summed E-state index contributed by atoms with van der Waals surface area (Å²) in [5.41, 5.74) is 2.63. The quantitative estimate of drug-likeness (QED) is 0.546. The van der Waals surface area contributed by atoms with E-state index in [2.05, 4.69) is 10.6 Å². The van der Waals surface area contributed by atoms with Crippen molar-refractivity contribution in [1.29, 1.82) is 0 Å². The maximum atomic E-state index is 12.1. The van der Waals surface area contributed by atoms with Gasteiger partial charge in [-0.05, 0) is 37.0 Å². The van der Waals surface area contributed by atoms with Gasteiger partial charge in [-0.2, -0.15) is 0 Å². The van der Waals surface area contributed by atoms with Gasteiger partial charge in [0.15, 0.2) is 12.4 Å². The lowest BCUT2D eigenvalue weighted by Crippen LogP contribution is -2.42. The number of hydrogen-bond acceptors (Lipinski definition) is 5. The van der Waals surface area contributed by atoms with Crippen molar-refractivity contribution >= 4 is 23.7 Å². The molecule has 0 unspecified atom stereocenters. The van der Waals surface area contributed by atoms with Crippen molar-refractivity contribution in [1.82, 2.24) is 10.6 Å². The Labute approximate surface area is 153 Å². The number of ether oxygens (including phenoxy) is 1. The van der Waals surface area contributed by atoms with Crippen molar-refractivity contribution in [3.8, 4) is 0 Å². The number of carbonyl (C=O) groups excluding carboxylic acids is 4. The van der Waals surface area contributed by atoms with Gasteiger partial charge in [0, 0.05) is 18.5 Å². The van der Waals surface area contributed by atoms with E-state index in [9.17, 15) is 19.2 Å². The summed E-state index contributed by atoms with van der Waals surface area (Å²) in [5, 5.41) is 4.57. The van der Waals surface area contributed by atoms with Crippen LogP contribution in [0.15, 0.2) is 18.2 Å². The first-order valence-electron chi connectivity index (χ1n) is 8.52. The molecule has 0 aromatic heterocycles. The number of benzene rings is 1. The van der Waals surface area contributed by atoms with Crippen LogP contribution in [0.4, 0.5) is 4.79 Å². The molecule has 1 aromatic rings. The summed E-state index contributed by atoms with van der Waals surface area (Å²) in [6.45, 7) is 7.57. The molecule has 1 rings (SSSR count). The Morgan fingerprint density at radius 3 is 2.35 bits per heavy atom. The van der Waals surface area contributed by atoms with Crippen LogP contribution in [0.3, 0.4) is 0 Å². The van der Waals surface area contributed by atoms with Crippen LogP contribution in [-0.4, -0.2) is 36.8 Å². The van der Waals surface area contributed by atoms with Gasteiger partial charge in [-0.1, -0.05) is 26.0 Å². The number of imide groups is 1. The summed E-state index contributed by atoms with van der Waals surface area (Å²) in [4.78, 5) is 46.6. The lowest BCUT2D eigenvalue weighted by Gasteiger charge is -2.09. The molecule has 0 aliphatic rings. The molecule has 0 spiro atoms. The third kappa shape index (κ3) is 7.92. The fourth-order valence-electron chi connectivity index (χ4n) is 2.00. The molecule has 7 heteroatoms. The van der Waals surface area contributed by atoms with Gasteiger partial charge >= 0.3 is 12.0 Å². The Hall–Kier alpha value is -2.70. The Balaban J connectivity index is 2.31. The van der Waals surface area contributed by atoms with Crippen molar-refractivity contribution < 1.29 is 23.9 Å². The van der Waals surface area contributed by atoms with Crippen molar-refractivity contribution in [2.45, 2.75) is 40.5 Å². The summed E-state index contributed by atoms with van der Waals surface area (Å²) in [7, 11) is 0. The second-order valence-corrected chi connectivity index (χ2v) is 6.53. The molecular formula is C19H26N2O5. The van der Waals surface area contributed by atoms with Gasteiger partial charge in [-0.25, -0.2) is 4.79 Å². The third-order valence-electron chi connectivity index (χ3n) is 3.67. The lowest BCUT2D eigenvalue weighted by atomic mass is 10.0. The zero-order valence-corrected chi connectivity index (χ0v) is 15.7. The zero-order valence-electron chi connectivity index (χ0n) is 15.7. The molecule has 0 bridgehead atoms. The van der Waals surface area contributed by atoms with Gasteiger partial charge in [-0.3, -0.25) is 19.7 Å². The zero-order chi connectivity index (χ0) is 19.7. The molecule has 142 valence electrons. The number of ketones is 1. The SMILES string of the molecule is Cc1ccc(C(=O)CCC(=O)OCC(=O)NC(=O)NCC(C)C)cc1C. The van der Waals surface area contributed by atoms with Crippen LogP contribution < -0.4 is 10.6 Å². The number of nitrogens with one attached hydrogen (secondary N) is 2. The van der Waals surface area contributed by atoms with Crippen molar-refractivity contribution in [2.24, 2.45) is 5.92 Å². The second-order valence-electron chi connectivity index (χ2n) is 6.53. The molecule has 0 fully saturated rings. The Morgan fingerprint density at radius 1 is 1.04 bits per heavy atom. The van der Waals surface area contributed by atoms with Crippen LogP contribution in [0.1, 0.15) is 48.2 Å². The summed E-state index contributed by atoms with van der Waals surface area (Å²) in [6.07, 6.45) is -0.129. The summed E-state index contributed by atoms with van der Waals surface area (Å²) >= 11 is 0. The Bertz CT molecular complexity index is 683.